The van der Waals surface area contributed by atoms with Gasteiger partial charge in [-0.1, -0.05) is 0 Å². The van der Waals surface area contributed by atoms with Crippen LogP contribution in [0, 0.1) is 0 Å². The highest BCUT2D eigenvalue weighted by atomic mass is 16.7. The van der Waals surface area contributed by atoms with E-state index in [9.17, 15) is 45.3 Å². The van der Waals surface area contributed by atoms with Crippen LogP contribution in [0.3, 0.4) is 0 Å². The van der Waals surface area contributed by atoms with Gasteiger partial charge in [-0.3, -0.25) is 9.59 Å². The molecule has 0 saturated carbocycles. The first-order valence-corrected chi connectivity index (χ1v) is 10.5. The number of carbonyl (C=O) groups excluding carboxylic acids is 1. The van der Waals surface area contributed by atoms with Crippen molar-refractivity contribution in [3.05, 3.63) is 34.5 Å². The van der Waals surface area contributed by atoms with Gasteiger partial charge in [0.1, 0.15) is 34.7 Å². The number of aliphatic hydroxyl groups is 2. The third-order valence-electron chi connectivity index (χ3n) is 5.57. The molecule has 5 atom stereocenters. The maximum Gasteiger partial charge on any atom is 0.303 e. The number of phenolic OH excluding ortho intramolecular Hbond substituents is 5. The Labute approximate surface area is 201 Å². The molecular weight excluding hydrogens is 484 g/mol. The van der Waals surface area contributed by atoms with Crippen molar-refractivity contribution in [3.8, 4) is 45.8 Å². The first-order valence-electron chi connectivity index (χ1n) is 10.5. The summed E-state index contributed by atoms with van der Waals surface area (Å²) in [4.78, 5) is 25.1. The highest BCUT2D eigenvalue weighted by Gasteiger charge is 2.47. The van der Waals surface area contributed by atoms with Gasteiger partial charge < -0.3 is 54.4 Å². The van der Waals surface area contributed by atoms with Crippen LogP contribution in [-0.2, 0) is 14.3 Å². The molecule has 36 heavy (non-hydrogen) atoms. The Morgan fingerprint density at radius 3 is 2.19 bits per heavy atom. The van der Waals surface area contributed by atoms with E-state index in [4.69, 9.17) is 18.6 Å². The van der Waals surface area contributed by atoms with Crippen LogP contribution in [0.15, 0.2) is 33.5 Å². The first-order chi connectivity index (χ1) is 16.9. The number of phenols is 5. The van der Waals surface area contributed by atoms with Crippen molar-refractivity contribution in [2.45, 2.75) is 44.6 Å². The number of rotatable bonds is 4. The van der Waals surface area contributed by atoms with Crippen LogP contribution >= 0.6 is 0 Å². The van der Waals surface area contributed by atoms with Gasteiger partial charge >= 0.3 is 5.97 Å². The van der Waals surface area contributed by atoms with Crippen LogP contribution in [0.4, 0.5) is 0 Å². The molecule has 2 unspecified atom stereocenters. The normalized spacial score (nSPS) is 23.9. The van der Waals surface area contributed by atoms with Crippen LogP contribution in [0.2, 0.25) is 0 Å². The Morgan fingerprint density at radius 1 is 0.944 bits per heavy atom. The van der Waals surface area contributed by atoms with Gasteiger partial charge in [0.25, 0.3) is 0 Å². The molecule has 0 bridgehead atoms. The SMILES string of the molecule is CC(=O)O[C@H]1C(O)[C@@H](O)C(C)O[C@H]1Oc1c(-c2cc(O)c(O)c(O)c2)oc2cc(O)cc(O)c2c1=O. The standard InChI is InChI=1S/C23H22O13/c1-7-16(29)19(32)22(34-8(2)24)23(33-7)36-21-18(31)15-11(26)5-10(25)6-14(15)35-20(21)9-3-12(27)17(30)13(28)4-9/h3-7,16,19,22-23,25-30,32H,1-2H3/t7?,16-,19?,22-,23-/m0/s1. The lowest BCUT2D eigenvalue weighted by Gasteiger charge is -2.40. The van der Waals surface area contributed by atoms with Crippen molar-refractivity contribution in [2.24, 2.45) is 0 Å². The third kappa shape index (κ3) is 4.30. The average Bonchev–Trinajstić information content (AvgIpc) is 2.79. The lowest BCUT2D eigenvalue weighted by atomic mass is 9.99. The minimum atomic E-state index is -1.68. The van der Waals surface area contributed by atoms with E-state index in [0.29, 0.717) is 0 Å². The van der Waals surface area contributed by atoms with E-state index in [1.807, 2.05) is 0 Å². The van der Waals surface area contributed by atoms with Crippen molar-refractivity contribution in [3.63, 3.8) is 0 Å². The van der Waals surface area contributed by atoms with Gasteiger partial charge in [-0.05, 0) is 19.1 Å². The zero-order valence-electron chi connectivity index (χ0n) is 18.8. The zero-order chi connectivity index (χ0) is 26.5. The van der Waals surface area contributed by atoms with Crippen molar-refractivity contribution < 1.29 is 59.2 Å². The van der Waals surface area contributed by atoms with E-state index < -0.39 is 87.7 Å². The van der Waals surface area contributed by atoms with Crippen LogP contribution in [-0.4, -0.2) is 72.4 Å². The predicted molar refractivity (Wildman–Crippen MR) is 119 cm³/mol. The van der Waals surface area contributed by atoms with E-state index in [1.165, 1.54) is 6.92 Å². The molecule has 13 heteroatoms. The number of hydrogen-bond acceptors (Lipinski definition) is 13. The second-order valence-corrected chi connectivity index (χ2v) is 8.17. The number of esters is 1. The molecule has 1 saturated heterocycles. The van der Waals surface area contributed by atoms with Gasteiger partial charge in [0.15, 0.2) is 29.1 Å². The van der Waals surface area contributed by atoms with Gasteiger partial charge in [0.05, 0.1) is 6.10 Å². The fourth-order valence-electron chi connectivity index (χ4n) is 3.83. The number of hydrogen-bond donors (Lipinski definition) is 7. The fraction of sp³-hybridized carbons (Fsp3) is 0.304. The molecule has 1 aromatic heterocycles. The first kappa shape index (κ1) is 24.9. The Morgan fingerprint density at radius 2 is 1.58 bits per heavy atom. The summed E-state index contributed by atoms with van der Waals surface area (Å²) in [6, 6.07) is 3.76. The average molecular weight is 506 g/mol. The van der Waals surface area contributed by atoms with E-state index in [0.717, 1.165) is 31.2 Å². The molecule has 0 radical (unpaired) electrons. The van der Waals surface area contributed by atoms with E-state index in [1.54, 1.807) is 0 Å². The number of carbonyl (C=O) groups is 1. The highest BCUT2D eigenvalue weighted by molar-refractivity contribution is 5.88. The van der Waals surface area contributed by atoms with Crippen molar-refractivity contribution in [2.75, 3.05) is 0 Å². The topological polar surface area (TPSA) is 217 Å². The van der Waals surface area contributed by atoms with Gasteiger partial charge in [-0.2, -0.15) is 0 Å². The molecule has 2 heterocycles. The summed E-state index contributed by atoms with van der Waals surface area (Å²) in [5.41, 5.74) is -1.50. The quantitative estimate of drug-likeness (QED) is 0.192. The Balaban J connectivity index is 1.95. The molecule has 13 nitrogen and oxygen atoms in total. The Kier molecular flexibility index (Phi) is 6.30. The molecule has 3 aromatic rings. The summed E-state index contributed by atoms with van der Waals surface area (Å²) in [6.07, 6.45) is -7.46. The van der Waals surface area contributed by atoms with Gasteiger partial charge in [0, 0.05) is 24.6 Å². The predicted octanol–water partition coefficient (Wildman–Crippen LogP) is 0.765. The lowest BCUT2D eigenvalue weighted by Crippen LogP contribution is -2.59. The van der Waals surface area contributed by atoms with Crippen molar-refractivity contribution in [1.82, 2.24) is 0 Å². The van der Waals surface area contributed by atoms with Gasteiger partial charge in [-0.15, -0.1) is 0 Å². The zero-order valence-corrected chi connectivity index (χ0v) is 18.8. The highest BCUT2D eigenvalue weighted by Crippen LogP contribution is 2.43. The molecular formula is C23H22O13. The van der Waals surface area contributed by atoms with E-state index in [2.05, 4.69) is 0 Å². The number of aromatic hydroxyl groups is 5. The summed E-state index contributed by atoms with van der Waals surface area (Å²) < 4.78 is 22.0. The van der Waals surface area contributed by atoms with E-state index >= 15 is 0 Å². The Hall–Kier alpha value is -4.20. The van der Waals surface area contributed by atoms with Crippen molar-refractivity contribution >= 4 is 16.9 Å². The second kappa shape index (κ2) is 9.11. The van der Waals surface area contributed by atoms with Gasteiger partial charge in [0.2, 0.25) is 17.5 Å². The Bertz CT molecular complexity index is 1370. The number of aliphatic hydroxyl groups excluding tert-OH is 2. The molecule has 192 valence electrons. The molecule has 1 fully saturated rings. The van der Waals surface area contributed by atoms with Crippen LogP contribution in [0.1, 0.15) is 13.8 Å². The maximum atomic E-state index is 13.4. The molecule has 7 N–H and O–H groups in total. The number of fused-ring (bicyclic) bond motifs is 1. The monoisotopic (exact) mass is 506 g/mol. The smallest absolute Gasteiger partial charge is 0.303 e. The molecule has 4 rings (SSSR count). The third-order valence-corrected chi connectivity index (χ3v) is 5.57. The maximum absolute atomic E-state index is 13.4. The van der Waals surface area contributed by atoms with Crippen molar-refractivity contribution in [1.29, 1.82) is 0 Å². The summed E-state index contributed by atoms with van der Waals surface area (Å²) in [7, 11) is 0. The number of benzene rings is 2. The molecule has 0 amide bonds. The second-order valence-electron chi connectivity index (χ2n) is 8.17. The molecule has 0 spiro atoms. The molecule has 0 aliphatic carbocycles. The molecule has 1 aliphatic rings. The number of ether oxygens (including phenoxy) is 3. The summed E-state index contributed by atoms with van der Waals surface area (Å²) in [5, 5.41) is 69.9. The van der Waals surface area contributed by atoms with Crippen LogP contribution < -0.4 is 10.2 Å². The molecule has 1 aliphatic heterocycles. The van der Waals surface area contributed by atoms with Gasteiger partial charge in [-0.25, -0.2) is 0 Å². The van der Waals surface area contributed by atoms with Crippen LogP contribution in [0.5, 0.6) is 34.5 Å². The lowest BCUT2D eigenvalue weighted by molar-refractivity contribution is -0.273. The molecule has 2 aromatic carbocycles. The largest absolute Gasteiger partial charge is 0.508 e. The minimum absolute atomic E-state index is 0.187. The fourth-order valence-corrected chi connectivity index (χ4v) is 3.83. The summed E-state index contributed by atoms with van der Waals surface area (Å²) in [6.45, 7) is 2.43. The van der Waals surface area contributed by atoms with E-state index in [-0.39, 0.29) is 11.1 Å². The summed E-state index contributed by atoms with van der Waals surface area (Å²) >= 11 is 0. The summed E-state index contributed by atoms with van der Waals surface area (Å²) in [5.74, 6) is -5.52. The minimum Gasteiger partial charge on any atom is -0.508 e. The van der Waals surface area contributed by atoms with Crippen LogP contribution in [0.25, 0.3) is 22.3 Å².